The zero-order valence-corrected chi connectivity index (χ0v) is 16.3. The van der Waals surface area contributed by atoms with Crippen LogP contribution in [-0.2, 0) is 17.1 Å². The van der Waals surface area contributed by atoms with Gasteiger partial charge < -0.3 is 9.64 Å². The summed E-state index contributed by atoms with van der Waals surface area (Å²) in [5, 5.41) is 0. The van der Waals surface area contributed by atoms with E-state index in [1.807, 2.05) is 6.07 Å². The molecule has 0 N–H and O–H groups in total. The molecule has 0 aliphatic carbocycles. The Labute approximate surface area is 164 Å². The lowest BCUT2D eigenvalue weighted by Crippen LogP contribution is -2.22. The summed E-state index contributed by atoms with van der Waals surface area (Å²) >= 11 is 0. The standard InChI is InChI=1S/C22H26F3NO2/c1-26(2)21(27)12-5-13-22(24,25)18-9-4-11-20(16-18)28-14-6-8-17-7-3-10-19(23)15-17/h3-4,7,9-11,15-16H,5-6,8,12-14H2,1-2H3. The van der Waals surface area contributed by atoms with Gasteiger partial charge in [-0.25, -0.2) is 13.2 Å². The highest BCUT2D eigenvalue weighted by Crippen LogP contribution is 2.35. The Morgan fingerprint density at radius 3 is 2.54 bits per heavy atom. The number of rotatable bonds is 10. The van der Waals surface area contributed by atoms with Crippen LogP contribution >= 0.6 is 0 Å². The second-order valence-corrected chi connectivity index (χ2v) is 6.96. The Hall–Kier alpha value is -2.50. The number of aryl methyl sites for hydroxylation is 1. The van der Waals surface area contributed by atoms with Crippen LogP contribution in [0.4, 0.5) is 13.2 Å². The molecule has 0 heterocycles. The fraction of sp³-hybridized carbons (Fsp3) is 0.409. The van der Waals surface area contributed by atoms with Gasteiger partial charge in [0, 0.05) is 32.5 Å². The van der Waals surface area contributed by atoms with Crippen molar-refractivity contribution in [2.45, 2.75) is 38.0 Å². The Kier molecular flexibility index (Phi) is 7.91. The van der Waals surface area contributed by atoms with Crippen molar-refractivity contribution >= 4 is 5.91 Å². The molecular formula is C22H26F3NO2. The number of alkyl halides is 2. The third kappa shape index (κ3) is 6.91. The number of hydrogen-bond acceptors (Lipinski definition) is 2. The zero-order valence-electron chi connectivity index (χ0n) is 16.3. The molecule has 0 radical (unpaired) electrons. The minimum Gasteiger partial charge on any atom is -0.494 e. The first kappa shape index (κ1) is 21.8. The molecule has 0 spiro atoms. The summed E-state index contributed by atoms with van der Waals surface area (Å²) in [4.78, 5) is 12.9. The first-order valence-corrected chi connectivity index (χ1v) is 9.34. The molecule has 2 rings (SSSR count). The first-order valence-electron chi connectivity index (χ1n) is 9.34. The fourth-order valence-electron chi connectivity index (χ4n) is 2.80. The van der Waals surface area contributed by atoms with E-state index in [1.54, 1.807) is 26.2 Å². The molecule has 0 aliphatic heterocycles. The third-order valence-corrected chi connectivity index (χ3v) is 4.40. The average molecular weight is 393 g/mol. The summed E-state index contributed by atoms with van der Waals surface area (Å²) < 4.78 is 47.6. The van der Waals surface area contributed by atoms with Gasteiger partial charge >= 0.3 is 0 Å². The molecule has 28 heavy (non-hydrogen) atoms. The Bertz CT molecular complexity index is 778. The van der Waals surface area contributed by atoms with Crippen molar-refractivity contribution in [2.75, 3.05) is 20.7 Å². The van der Waals surface area contributed by atoms with Crippen molar-refractivity contribution in [2.24, 2.45) is 0 Å². The first-order chi connectivity index (χ1) is 13.3. The van der Waals surface area contributed by atoms with Gasteiger partial charge in [-0.1, -0.05) is 24.3 Å². The maximum absolute atomic E-state index is 14.4. The molecule has 3 nitrogen and oxygen atoms in total. The summed E-state index contributed by atoms with van der Waals surface area (Å²) in [6, 6.07) is 12.2. The summed E-state index contributed by atoms with van der Waals surface area (Å²) in [7, 11) is 3.21. The second kappa shape index (κ2) is 10.2. The molecule has 0 aromatic heterocycles. The van der Waals surface area contributed by atoms with E-state index in [9.17, 15) is 18.0 Å². The molecule has 1 amide bonds. The van der Waals surface area contributed by atoms with E-state index in [2.05, 4.69) is 0 Å². The van der Waals surface area contributed by atoms with Gasteiger partial charge in [-0.3, -0.25) is 4.79 Å². The highest BCUT2D eigenvalue weighted by molar-refractivity contribution is 5.75. The lowest BCUT2D eigenvalue weighted by molar-refractivity contribution is -0.129. The number of amides is 1. The minimum atomic E-state index is -3.02. The predicted molar refractivity (Wildman–Crippen MR) is 103 cm³/mol. The van der Waals surface area contributed by atoms with Gasteiger partial charge in [0.05, 0.1) is 6.61 Å². The normalized spacial score (nSPS) is 11.3. The Morgan fingerprint density at radius 1 is 1.07 bits per heavy atom. The fourth-order valence-corrected chi connectivity index (χ4v) is 2.80. The molecule has 0 bridgehead atoms. The second-order valence-electron chi connectivity index (χ2n) is 6.96. The minimum absolute atomic E-state index is 0.0961. The van der Waals surface area contributed by atoms with E-state index < -0.39 is 12.3 Å². The van der Waals surface area contributed by atoms with Crippen molar-refractivity contribution in [3.8, 4) is 5.75 Å². The largest absolute Gasteiger partial charge is 0.494 e. The number of nitrogens with zero attached hydrogens (tertiary/aromatic N) is 1. The van der Waals surface area contributed by atoms with Gasteiger partial charge in [-0.05, 0) is 49.1 Å². The summed E-state index contributed by atoms with van der Waals surface area (Å²) in [6.45, 7) is 0.350. The molecule has 0 saturated carbocycles. The number of halogens is 3. The predicted octanol–water partition coefficient (Wildman–Crippen LogP) is 5.19. The summed E-state index contributed by atoms with van der Waals surface area (Å²) in [6.07, 6.45) is 1.11. The van der Waals surface area contributed by atoms with Crippen molar-refractivity contribution in [1.82, 2.24) is 4.90 Å². The van der Waals surface area contributed by atoms with Crippen LogP contribution in [0.2, 0.25) is 0 Å². The van der Waals surface area contributed by atoms with Gasteiger partial charge in [0.1, 0.15) is 11.6 Å². The summed E-state index contributed by atoms with van der Waals surface area (Å²) in [5.74, 6) is -3.08. The number of ether oxygens (including phenoxy) is 1. The number of carbonyl (C=O) groups is 1. The number of benzene rings is 2. The monoisotopic (exact) mass is 393 g/mol. The van der Waals surface area contributed by atoms with Gasteiger partial charge in [-0.15, -0.1) is 0 Å². The van der Waals surface area contributed by atoms with Crippen LogP contribution in [0.1, 0.15) is 36.8 Å². The molecular weight excluding hydrogens is 367 g/mol. The molecule has 2 aromatic carbocycles. The van der Waals surface area contributed by atoms with Gasteiger partial charge in [0.25, 0.3) is 5.92 Å². The molecule has 152 valence electrons. The van der Waals surface area contributed by atoms with Crippen LogP contribution in [-0.4, -0.2) is 31.5 Å². The molecule has 2 aromatic rings. The lowest BCUT2D eigenvalue weighted by atomic mass is 10.0. The Balaban J connectivity index is 1.83. The van der Waals surface area contributed by atoms with E-state index in [0.717, 1.165) is 5.56 Å². The molecule has 0 atom stereocenters. The van der Waals surface area contributed by atoms with Gasteiger partial charge in [0.2, 0.25) is 5.91 Å². The van der Waals surface area contributed by atoms with Gasteiger partial charge in [-0.2, -0.15) is 0 Å². The van der Waals surface area contributed by atoms with Crippen LogP contribution in [0.3, 0.4) is 0 Å². The van der Waals surface area contributed by atoms with Crippen LogP contribution in [0.25, 0.3) is 0 Å². The highest BCUT2D eigenvalue weighted by Gasteiger charge is 2.31. The van der Waals surface area contributed by atoms with Crippen molar-refractivity contribution in [3.05, 3.63) is 65.5 Å². The molecule has 6 heteroatoms. The van der Waals surface area contributed by atoms with Crippen LogP contribution in [0.15, 0.2) is 48.5 Å². The smallest absolute Gasteiger partial charge is 0.273 e. The quantitative estimate of drug-likeness (QED) is 0.520. The average Bonchev–Trinajstić information content (AvgIpc) is 2.65. The van der Waals surface area contributed by atoms with Crippen LogP contribution in [0, 0.1) is 5.82 Å². The Morgan fingerprint density at radius 2 is 1.82 bits per heavy atom. The van der Waals surface area contributed by atoms with E-state index in [1.165, 1.54) is 35.2 Å². The van der Waals surface area contributed by atoms with Crippen LogP contribution in [0.5, 0.6) is 5.75 Å². The van der Waals surface area contributed by atoms with E-state index >= 15 is 0 Å². The van der Waals surface area contributed by atoms with Crippen LogP contribution < -0.4 is 4.74 Å². The number of carbonyl (C=O) groups excluding carboxylic acids is 1. The van der Waals surface area contributed by atoms with E-state index in [-0.39, 0.29) is 30.1 Å². The zero-order chi connectivity index (χ0) is 20.6. The maximum Gasteiger partial charge on any atom is 0.273 e. The topological polar surface area (TPSA) is 29.5 Å². The third-order valence-electron chi connectivity index (χ3n) is 4.40. The van der Waals surface area contributed by atoms with Gasteiger partial charge in [0.15, 0.2) is 0 Å². The number of hydrogen-bond donors (Lipinski definition) is 0. The SMILES string of the molecule is CN(C)C(=O)CCCC(F)(F)c1cccc(OCCCc2cccc(F)c2)c1. The molecule has 0 aliphatic rings. The summed E-state index contributed by atoms with van der Waals surface area (Å²) in [5.41, 5.74) is 0.753. The highest BCUT2D eigenvalue weighted by atomic mass is 19.3. The molecule has 0 fully saturated rings. The van der Waals surface area contributed by atoms with Crippen molar-refractivity contribution in [1.29, 1.82) is 0 Å². The molecule has 0 saturated heterocycles. The van der Waals surface area contributed by atoms with E-state index in [4.69, 9.17) is 4.74 Å². The maximum atomic E-state index is 14.4. The lowest BCUT2D eigenvalue weighted by Gasteiger charge is -2.18. The molecule has 0 unspecified atom stereocenters. The van der Waals surface area contributed by atoms with E-state index in [0.29, 0.717) is 25.2 Å². The van der Waals surface area contributed by atoms with Crippen molar-refractivity contribution in [3.63, 3.8) is 0 Å². The van der Waals surface area contributed by atoms with Crippen molar-refractivity contribution < 1.29 is 22.7 Å².